The molecule has 0 aliphatic carbocycles. The monoisotopic (exact) mass is 870 g/mol. The molecular formula is C32H54O27. The van der Waals surface area contributed by atoms with Crippen LogP contribution < -0.4 is 0 Å². The summed E-state index contributed by atoms with van der Waals surface area (Å²) in [6.45, 7) is -4.81. The van der Waals surface area contributed by atoms with Crippen LogP contribution in [0.25, 0.3) is 0 Å². The number of hydrogen-bond acceptors (Lipinski definition) is 27. The molecule has 5 heterocycles. The van der Waals surface area contributed by atoms with Crippen molar-refractivity contribution in [3.8, 4) is 0 Å². The molecule has 59 heavy (non-hydrogen) atoms. The standard InChI is InChI=1S/C32H54O27/c1-8(38)50-6-13-24(55-28-21(46)18(43)14(39)9(2-33)51-28)20(45)23(48)30(54-13)56-25-16(41)11(4-35)53-31(59-32(7-37)27(49)17(42)12(5-36)58-32)26(25)57-29-22(47)19(44)15(40)10(3-34)52-29/h9-31,33-37,39-49H,2-7H2,1H3/t9-,10-,11-,12-,13-,14-,15-,16-,17-,18+,19+,20-,21-,22-,23-,24-,25+,26-,27+,28+,29+,30+,31-,32+/m1/s1. The van der Waals surface area contributed by atoms with Gasteiger partial charge in [0.25, 0.3) is 0 Å². The highest BCUT2D eigenvalue weighted by Gasteiger charge is 2.61. The minimum Gasteiger partial charge on any atom is -0.463 e. The van der Waals surface area contributed by atoms with Crippen molar-refractivity contribution in [2.45, 2.75) is 154 Å². The van der Waals surface area contributed by atoms with Gasteiger partial charge < -0.3 is 129 Å². The summed E-state index contributed by atoms with van der Waals surface area (Å²) in [7, 11) is 0. The lowest BCUT2D eigenvalue weighted by Gasteiger charge is -2.50. The molecule has 5 aliphatic heterocycles. The van der Waals surface area contributed by atoms with Crippen LogP contribution in [0.3, 0.4) is 0 Å². The van der Waals surface area contributed by atoms with Gasteiger partial charge in [0.15, 0.2) is 25.2 Å². The lowest BCUT2D eigenvalue weighted by atomic mass is 9.95. The van der Waals surface area contributed by atoms with E-state index >= 15 is 0 Å². The van der Waals surface area contributed by atoms with Gasteiger partial charge in [-0.15, -0.1) is 0 Å². The molecule has 0 aromatic rings. The zero-order valence-electron chi connectivity index (χ0n) is 31.2. The van der Waals surface area contributed by atoms with Crippen LogP contribution in [0.5, 0.6) is 0 Å². The summed E-state index contributed by atoms with van der Waals surface area (Å²) in [6, 6.07) is 0. The van der Waals surface area contributed by atoms with Crippen LogP contribution in [-0.2, 0) is 52.2 Å². The summed E-state index contributed by atoms with van der Waals surface area (Å²) in [6.07, 6.45) is -44.8. The zero-order chi connectivity index (χ0) is 43.7. The Morgan fingerprint density at radius 2 is 0.898 bits per heavy atom. The number of carbonyl (C=O) groups excluding carboxylic acids is 1. The molecule has 0 unspecified atom stereocenters. The van der Waals surface area contributed by atoms with E-state index in [2.05, 4.69) is 0 Å². The molecule has 0 bridgehead atoms. The molecule has 0 spiro atoms. The molecule has 0 radical (unpaired) electrons. The second kappa shape index (κ2) is 20.3. The molecule has 5 rings (SSSR count). The van der Waals surface area contributed by atoms with Crippen molar-refractivity contribution in [2.75, 3.05) is 39.6 Å². The second-order valence-electron chi connectivity index (χ2n) is 14.6. The number of ether oxygens (including phenoxy) is 10. The number of aliphatic hydroxyl groups is 16. The van der Waals surface area contributed by atoms with Crippen molar-refractivity contribution in [1.82, 2.24) is 0 Å². The van der Waals surface area contributed by atoms with Crippen LogP contribution in [0, 0.1) is 0 Å². The topological polar surface area (TPSA) is 433 Å². The molecule has 0 saturated carbocycles. The third-order valence-corrected chi connectivity index (χ3v) is 10.7. The summed E-state index contributed by atoms with van der Waals surface area (Å²) in [5.41, 5.74) is 0. The van der Waals surface area contributed by atoms with Gasteiger partial charge in [0, 0.05) is 6.92 Å². The highest BCUT2D eigenvalue weighted by molar-refractivity contribution is 5.65. The average Bonchev–Trinajstić information content (AvgIpc) is 3.46. The normalized spacial score (nSPS) is 50.8. The number of esters is 1. The fraction of sp³-hybridized carbons (Fsp3) is 0.969. The predicted octanol–water partition coefficient (Wildman–Crippen LogP) is -11.4. The van der Waals surface area contributed by atoms with Crippen LogP contribution in [0.4, 0.5) is 0 Å². The van der Waals surface area contributed by atoms with Crippen molar-refractivity contribution in [3.63, 3.8) is 0 Å². The summed E-state index contributed by atoms with van der Waals surface area (Å²) >= 11 is 0. The largest absolute Gasteiger partial charge is 0.463 e. The van der Waals surface area contributed by atoms with Crippen LogP contribution in [0.2, 0.25) is 0 Å². The first kappa shape index (κ1) is 48.5. The van der Waals surface area contributed by atoms with Crippen LogP contribution in [-0.4, -0.2) is 274 Å². The third kappa shape index (κ3) is 9.84. The van der Waals surface area contributed by atoms with Crippen LogP contribution in [0.1, 0.15) is 6.92 Å². The molecule has 0 aromatic carbocycles. The molecule has 16 N–H and O–H groups in total. The lowest BCUT2D eigenvalue weighted by molar-refractivity contribution is -0.423. The Hall–Kier alpha value is -1.53. The Balaban J connectivity index is 1.49. The van der Waals surface area contributed by atoms with E-state index in [9.17, 15) is 86.5 Å². The van der Waals surface area contributed by atoms with Gasteiger partial charge in [-0.25, -0.2) is 0 Å². The number of rotatable bonds is 15. The summed E-state index contributed by atoms with van der Waals surface area (Å²) in [5.74, 6) is -3.55. The highest BCUT2D eigenvalue weighted by Crippen LogP contribution is 2.40. The van der Waals surface area contributed by atoms with E-state index in [1.165, 1.54) is 0 Å². The fourth-order valence-electron chi connectivity index (χ4n) is 7.25. The molecule has 27 nitrogen and oxygen atoms in total. The van der Waals surface area contributed by atoms with E-state index in [1.54, 1.807) is 0 Å². The van der Waals surface area contributed by atoms with Gasteiger partial charge in [0.05, 0.1) is 26.4 Å². The van der Waals surface area contributed by atoms with E-state index in [-0.39, 0.29) is 0 Å². The molecular weight excluding hydrogens is 816 g/mol. The minimum absolute atomic E-state index is 0.782. The Labute approximate surface area is 333 Å². The van der Waals surface area contributed by atoms with Gasteiger partial charge in [-0.05, 0) is 0 Å². The molecule has 24 atom stereocenters. The van der Waals surface area contributed by atoms with Crippen LogP contribution in [0.15, 0.2) is 0 Å². The predicted molar refractivity (Wildman–Crippen MR) is 176 cm³/mol. The van der Waals surface area contributed by atoms with Gasteiger partial charge >= 0.3 is 5.97 Å². The molecule has 5 fully saturated rings. The first-order valence-corrected chi connectivity index (χ1v) is 18.5. The smallest absolute Gasteiger partial charge is 0.302 e. The van der Waals surface area contributed by atoms with E-state index in [0.29, 0.717) is 0 Å². The summed E-state index contributed by atoms with van der Waals surface area (Å²) in [4.78, 5) is 11.8. The first-order chi connectivity index (χ1) is 27.9. The molecule has 0 aromatic heterocycles. The quantitative estimate of drug-likeness (QED) is 0.0679. The van der Waals surface area contributed by atoms with Crippen molar-refractivity contribution in [2.24, 2.45) is 0 Å². The summed E-state index contributed by atoms with van der Waals surface area (Å²) < 4.78 is 56.0. The second-order valence-corrected chi connectivity index (χ2v) is 14.6. The highest BCUT2D eigenvalue weighted by atomic mass is 16.8. The van der Waals surface area contributed by atoms with Crippen molar-refractivity contribution >= 4 is 5.97 Å². The fourth-order valence-corrected chi connectivity index (χ4v) is 7.25. The molecule has 27 heteroatoms. The van der Waals surface area contributed by atoms with Gasteiger partial charge in [0.2, 0.25) is 5.79 Å². The molecule has 5 saturated heterocycles. The first-order valence-electron chi connectivity index (χ1n) is 18.5. The molecule has 5 aliphatic rings. The van der Waals surface area contributed by atoms with Crippen molar-refractivity contribution in [3.05, 3.63) is 0 Å². The lowest BCUT2D eigenvalue weighted by Crippen LogP contribution is -2.69. The number of carbonyl (C=O) groups is 1. The Morgan fingerprint density at radius 1 is 0.475 bits per heavy atom. The Bertz CT molecular complexity index is 1330. The number of hydrogen-bond donors (Lipinski definition) is 16. The summed E-state index contributed by atoms with van der Waals surface area (Å²) in [5, 5.41) is 168. The van der Waals surface area contributed by atoms with Crippen molar-refractivity contribution in [1.29, 1.82) is 0 Å². The average molecular weight is 871 g/mol. The van der Waals surface area contributed by atoms with Gasteiger partial charge in [-0.1, -0.05) is 0 Å². The SMILES string of the molecule is CC(=O)OC[C@H]1O[C@@H](O[C@H]2[C@H](O)[C@@H](CO)O[C@H](O[C@]3(CO)O[C@H](CO)[C@@H](O)[C@@H]3O)[C@@H]2O[C@@H]2O[C@H](CO)[C@@H](O)[C@H](O)[C@H]2O)[C@H](O)[C@@H](O)[C@@H]1O[C@@H]1O[C@H](CO)[C@@H](O)[C@H](O)[C@H]1O. The maximum absolute atomic E-state index is 11.8. The zero-order valence-corrected chi connectivity index (χ0v) is 31.2. The van der Waals surface area contributed by atoms with E-state index in [1.807, 2.05) is 0 Å². The van der Waals surface area contributed by atoms with Crippen molar-refractivity contribution < 1.29 is 134 Å². The van der Waals surface area contributed by atoms with Gasteiger partial charge in [-0.3, -0.25) is 4.79 Å². The Morgan fingerprint density at radius 3 is 1.36 bits per heavy atom. The minimum atomic E-state index is -2.66. The number of aliphatic hydroxyl groups excluding tert-OH is 16. The maximum atomic E-state index is 11.8. The van der Waals surface area contributed by atoms with E-state index in [4.69, 9.17) is 47.4 Å². The molecule has 344 valence electrons. The third-order valence-electron chi connectivity index (χ3n) is 10.7. The maximum Gasteiger partial charge on any atom is 0.302 e. The van der Waals surface area contributed by atoms with Crippen LogP contribution >= 0.6 is 0 Å². The Kier molecular flexibility index (Phi) is 16.7. The van der Waals surface area contributed by atoms with Gasteiger partial charge in [0.1, 0.15) is 129 Å². The van der Waals surface area contributed by atoms with E-state index in [0.717, 1.165) is 6.92 Å². The van der Waals surface area contributed by atoms with E-state index < -0.39 is 193 Å². The van der Waals surface area contributed by atoms with Gasteiger partial charge in [-0.2, -0.15) is 0 Å². The molecule has 0 amide bonds.